The molecule has 0 fully saturated rings. The molecule has 0 saturated carbocycles. The SMILES string of the molecule is CCCC1(C)CC=C(CCc2ccc3c(c2F)C(F)(F)C(F)(F)c2c-3ccc(OCC)c2F)CC1. The van der Waals surface area contributed by atoms with E-state index >= 15 is 22.0 Å². The van der Waals surface area contributed by atoms with Crippen LogP contribution < -0.4 is 4.74 Å². The third-order valence-corrected chi connectivity index (χ3v) is 7.44. The average Bonchev–Trinajstić information content (AvgIpc) is 2.79. The van der Waals surface area contributed by atoms with Gasteiger partial charge in [0.2, 0.25) is 0 Å². The Kier molecular flexibility index (Phi) is 6.75. The van der Waals surface area contributed by atoms with Crippen LogP contribution in [0.2, 0.25) is 0 Å². The second kappa shape index (κ2) is 9.21. The van der Waals surface area contributed by atoms with Crippen LogP contribution >= 0.6 is 0 Å². The van der Waals surface area contributed by atoms with E-state index < -0.39 is 51.5 Å². The Bertz CT molecular complexity index is 1150. The zero-order valence-electron chi connectivity index (χ0n) is 20.2. The lowest BCUT2D eigenvalue weighted by Gasteiger charge is -2.36. The lowest BCUT2D eigenvalue weighted by Crippen LogP contribution is -2.41. The second-order valence-corrected chi connectivity index (χ2v) is 9.97. The van der Waals surface area contributed by atoms with Crippen LogP contribution in [0.3, 0.4) is 0 Å². The van der Waals surface area contributed by atoms with Gasteiger partial charge in [0.25, 0.3) is 0 Å². The maximum atomic E-state index is 15.4. The first-order valence-electron chi connectivity index (χ1n) is 12.2. The summed E-state index contributed by atoms with van der Waals surface area (Å²) in [4.78, 5) is 0. The Labute approximate surface area is 202 Å². The predicted molar refractivity (Wildman–Crippen MR) is 124 cm³/mol. The summed E-state index contributed by atoms with van der Waals surface area (Å²) < 4.78 is 95.6. The van der Waals surface area contributed by atoms with Gasteiger partial charge in [0, 0.05) is 0 Å². The summed E-state index contributed by atoms with van der Waals surface area (Å²) in [6, 6.07) is 4.73. The number of halogens is 6. The zero-order chi connectivity index (χ0) is 25.6. The van der Waals surface area contributed by atoms with E-state index in [1.807, 2.05) is 0 Å². The van der Waals surface area contributed by atoms with E-state index in [0.717, 1.165) is 49.8 Å². The maximum Gasteiger partial charge on any atom is 0.343 e. The molecule has 1 unspecified atom stereocenters. The fourth-order valence-corrected chi connectivity index (χ4v) is 5.42. The largest absolute Gasteiger partial charge is 0.491 e. The molecule has 0 aliphatic heterocycles. The van der Waals surface area contributed by atoms with Gasteiger partial charge in [0.1, 0.15) is 5.82 Å². The highest BCUT2D eigenvalue weighted by atomic mass is 19.3. The van der Waals surface area contributed by atoms with Crippen LogP contribution in [0, 0.1) is 17.0 Å². The van der Waals surface area contributed by atoms with Crippen molar-refractivity contribution in [2.45, 2.75) is 77.6 Å². The fourth-order valence-electron chi connectivity index (χ4n) is 5.42. The van der Waals surface area contributed by atoms with Crippen molar-refractivity contribution >= 4 is 0 Å². The van der Waals surface area contributed by atoms with Crippen molar-refractivity contribution in [1.82, 2.24) is 0 Å². The number of aryl methyl sites for hydroxylation is 1. The van der Waals surface area contributed by atoms with Gasteiger partial charge in [-0.15, -0.1) is 0 Å². The molecule has 2 aliphatic rings. The highest BCUT2D eigenvalue weighted by Crippen LogP contribution is 2.60. The standard InChI is InChI=1S/C28H30F6O/c1-4-14-26(3)15-12-17(13-16-26)6-7-18-8-9-19-20-10-11-21(35-5-2)25(30)23(20)28(33,34)27(31,32)22(19)24(18)29/h8-12H,4-7,13-16H2,1-3H3. The average molecular weight is 497 g/mol. The smallest absolute Gasteiger partial charge is 0.343 e. The summed E-state index contributed by atoms with van der Waals surface area (Å²) in [5.41, 5.74) is -2.38. The van der Waals surface area contributed by atoms with Crippen LogP contribution in [0.25, 0.3) is 11.1 Å². The molecule has 0 saturated heterocycles. The van der Waals surface area contributed by atoms with Crippen LogP contribution in [-0.4, -0.2) is 6.61 Å². The van der Waals surface area contributed by atoms with Gasteiger partial charge in [-0.2, -0.15) is 17.6 Å². The molecule has 1 atom stereocenters. The highest BCUT2D eigenvalue weighted by Gasteiger charge is 2.65. The summed E-state index contributed by atoms with van der Waals surface area (Å²) in [7, 11) is 0. The number of hydrogen-bond acceptors (Lipinski definition) is 1. The van der Waals surface area contributed by atoms with Gasteiger partial charge in [-0.25, -0.2) is 8.78 Å². The normalized spacial score (nSPS) is 22.3. The monoisotopic (exact) mass is 496 g/mol. The predicted octanol–water partition coefficient (Wildman–Crippen LogP) is 9.08. The highest BCUT2D eigenvalue weighted by molar-refractivity contribution is 5.77. The van der Waals surface area contributed by atoms with Gasteiger partial charge in [0.05, 0.1) is 17.7 Å². The van der Waals surface area contributed by atoms with Crippen molar-refractivity contribution in [3.05, 3.63) is 64.2 Å². The number of allylic oxidation sites excluding steroid dienone is 2. The lowest BCUT2D eigenvalue weighted by atomic mass is 9.73. The first-order valence-corrected chi connectivity index (χ1v) is 12.2. The summed E-state index contributed by atoms with van der Waals surface area (Å²) in [6.07, 6.45) is 7.74. The quantitative estimate of drug-likeness (QED) is 0.274. The number of hydrogen-bond donors (Lipinski definition) is 0. The van der Waals surface area contributed by atoms with E-state index in [2.05, 4.69) is 19.9 Å². The molecule has 0 amide bonds. The Morgan fingerprint density at radius 1 is 0.857 bits per heavy atom. The molecule has 1 nitrogen and oxygen atoms in total. The molecule has 7 heteroatoms. The van der Waals surface area contributed by atoms with Gasteiger partial charge >= 0.3 is 11.8 Å². The number of rotatable bonds is 7. The third kappa shape index (κ3) is 4.25. The Balaban J connectivity index is 1.69. The minimum atomic E-state index is -4.94. The van der Waals surface area contributed by atoms with E-state index in [9.17, 15) is 4.39 Å². The minimum Gasteiger partial charge on any atom is -0.491 e. The van der Waals surface area contributed by atoms with Crippen molar-refractivity contribution in [3.8, 4) is 16.9 Å². The molecule has 0 heterocycles. The van der Waals surface area contributed by atoms with Crippen LogP contribution in [0.1, 0.15) is 76.0 Å². The van der Waals surface area contributed by atoms with Gasteiger partial charge in [0.15, 0.2) is 11.6 Å². The molecule has 0 spiro atoms. The summed E-state index contributed by atoms with van der Waals surface area (Å²) in [6.45, 7) is 5.88. The van der Waals surface area contributed by atoms with E-state index in [0.29, 0.717) is 6.42 Å². The molecule has 2 aromatic carbocycles. The van der Waals surface area contributed by atoms with Crippen LogP contribution in [0.4, 0.5) is 26.3 Å². The van der Waals surface area contributed by atoms with E-state index in [-0.39, 0.29) is 24.0 Å². The number of benzene rings is 2. The Hall–Kier alpha value is -2.44. The van der Waals surface area contributed by atoms with E-state index in [1.54, 1.807) is 0 Å². The van der Waals surface area contributed by atoms with Crippen molar-refractivity contribution in [2.75, 3.05) is 6.61 Å². The molecule has 2 aromatic rings. The van der Waals surface area contributed by atoms with Crippen LogP contribution in [-0.2, 0) is 18.3 Å². The van der Waals surface area contributed by atoms with E-state index in [4.69, 9.17) is 4.74 Å². The van der Waals surface area contributed by atoms with Crippen molar-refractivity contribution in [2.24, 2.45) is 5.41 Å². The number of alkyl halides is 4. The molecule has 0 aromatic heterocycles. The van der Waals surface area contributed by atoms with Gasteiger partial charge in [-0.1, -0.05) is 44.1 Å². The van der Waals surface area contributed by atoms with Crippen LogP contribution in [0.15, 0.2) is 35.9 Å². The summed E-state index contributed by atoms with van der Waals surface area (Å²) in [5, 5.41) is 0. The lowest BCUT2D eigenvalue weighted by molar-refractivity contribution is -0.228. The zero-order valence-corrected chi connectivity index (χ0v) is 20.2. The molecule has 0 radical (unpaired) electrons. The fraction of sp³-hybridized carbons (Fsp3) is 0.500. The van der Waals surface area contributed by atoms with Crippen molar-refractivity contribution in [3.63, 3.8) is 0 Å². The molecular formula is C28H30F6O. The molecule has 0 bridgehead atoms. The Morgan fingerprint density at radius 2 is 1.49 bits per heavy atom. The minimum absolute atomic E-state index is 0.0273. The molecule has 2 aliphatic carbocycles. The van der Waals surface area contributed by atoms with Gasteiger partial charge < -0.3 is 4.74 Å². The maximum absolute atomic E-state index is 15.4. The topological polar surface area (TPSA) is 9.23 Å². The van der Waals surface area contributed by atoms with Crippen molar-refractivity contribution < 1.29 is 31.1 Å². The Morgan fingerprint density at radius 3 is 2.06 bits per heavy atom. The third-order valence-electron chi connectivity index (χ3n) is 7.44. The molecule has 35 heavy (non-hydrogen) atoms. The summed E-state index contributed by atoms with van der Waals surface area (Å²) in [5.74, 6) is -13.3. The first-order chi connectivity index (χ1) is 16.5. The second-order valence-electron chi connectivity index (χ2n) is 9.97. The molecule has 0 N–H and O–H groups in total. The van der Waals surface area contributed by atoms with Crippen LogP contribution in [0.5, 0.6) is 5.75 Å². The number of fused-ring (bicyclic) bond motifs is 3. The molecular weight excluding hydrogens is 466 g/mol. The first kappa shape index (κ1) is 25.6. The van der Waals surface area contributed by atoms with E-state index in [1.165, 1.54) is 19.1 Å². The summed E-state index contributed by atoms with van der Waals surface area (Å²) >= 11 is 0. The molecule has 190 valence electrons. The van der Waals surface area contributed by atoms with Crippen molar-refractivity contribution in [1.29, 1.82) is 0 Å². The molecule has 4 rings (SSSR count). The van der Waals surface area contributed by atoms with Gasteiger partial charge in [-0.3, -0.25) is 0 Å². The number of ether oxygens (including phenoxy) is 1. The van der Waals surface area contributed by atoms with Gasteiger partial charge in [-0.05, 0) is 79.7 Å².